The second kappa shape index (κ2) is 37.5. The number of anilines is 5. The molecule has 0 radical (unpaired) electrons. The zero-order chi connectivity index (χ0) is 81.7. The van der Waals surface area contributed by atoms with Gasteiger partial charge in [-0.3, -0.25) is 24.0 Å². The van der Waals surface area contributed by atoms with Gasteiger partial charge in [-0.05, 0) is 160 Å². The van der Waals surface area contributed by atoms with Gasteiger partial charge in [0.05, 0.1) is 74.1 Å². The molecule has 0 bridgehead atoms. The van der Waals surface area contributed by atoms with E-state index in [1.807, 2.05) is 125 Å². The number of carboxylic acid groups (broad SMARTS) is 5. The number of nitrogens with one attached hydrogen (secondary N) is 5. The number of β-amino-alcohol motifs (C(OH)–C–C–N with tert-alkyl or cyclic N) is 1. The molecule has 1 atom stereocenters. The third kappa shape index (κ3) is 19.3. The van der Waals surface area contributed by atoms with Crippen molar-refractivity contribution in [3.8, 4) is 70.8 Å². The van der Waals surface area contributed by atoms with E-state index >= 15 is 0 Å². The number of benzene rings is 1. The number of piperidine rings is 1. The van der Waals surface area contributed by atoms with Gasteiger partial charge in [0.2, 0.25) is 0 Å². The third-order valence-electron chi connectivity index (χ3n) is 19.0. The van der Waals surface area contributed by atoms with Crippen LogP contribution in [0.2, 0.25) is 0 Å². The minimum Gasteiger partial charge on any atom is -0.506 e. The SMILES string of the molecule is CCc1c(-c2ccc(N(C)C)s2)[nH]c(=O)c(C(=O)O)c1O.CCc1c(-c2ccc(N3CCCC3)s2)[nH]c(=O)c(C(=O)O)c1O.CCc1c(-c2ccc(N3CC[C@H](O)C3)cc2)[nH]c(=O)c(C(=O)O)c1O.CCc1cc(C(=O)O)c(=O)[nH]c1-c1ccc(N(C)C)s1.CCc1cc(C(=O)O)c(=O)[nH]c1-c1ccc(N2CCCCC2)s1. The number of aromatic hydroxyl groups is 3. The predicted molar refractivity (Wildman–Crippen MR) is 440 cm³/mol. The van der Waals surface area contributed by atoms with E-state index in [4.69, 9.17) is 25.5 Å². The Labute approximate surface area is 658 Å². The lowest BCUT2D eigenvalue weighted by Gasteiger charge is -2.27. The number of rotatable bonds is 20. The monoisotopic (exact) mass is 1610 g/mol. The van der Waals surface area contributed by atoms with Crippen LogP contribution in [-0.2, 0) is 32.1 Å². The Kier molecular flexibility index (Phi) is 28.3. The zero-order valence-electron chi connectivity index (χ0n) is 63.2. The molecule has 12 heterocycles. The number of aromatic nitrogens is 5. The Hall–Kier alpha value is -11.5. The van der Waals surface area contributed by atoms with Crippen LogP contribution >= 0.6 is 45.3 Å². The number of hydrogen-bond acceptors (Lipinski definition) is 23. The van der Waals surface area contributed by atoms with E-state index in [0.717, 1.165) is 96.2 Å². The van der Waals surface area contributed by atoms with Gasteiger partial charge >= 0.3 is 29.8 Å². The number of aromatic amines is 5. The first-order valence-corrected chi connectivity index (χ1v) is 39.5. The third-order valence-corrected chi connectivity index (χ3v) is 23.9. The summed E-state index contributed by atoms with van der Waals surface area (Å²) in [6.45, 7) is 14.9. The maximum Gasteiger partial charge on any atom is 0.345 e. The number of pyridine rings is 5. The molecule has 0 aliphatic carbocycles. The molecule has 33 heteroatoms. The second-order valence-corrected chi connectivity index (χ2v) is 31.0. The summed E-state index contributed by atoms with van der Waals surface area (Å²) >= 11 is 6.20. The van der Waals surface area contributed by atoms with Crippen LogP contribution in [-0.4, -0.2) is 174 Å². The summed E-state index contributed by atoms with van der Waals surface area (Å²) in [6.07, 6.45) is 9.04. The maximum absolute atomic E-state index is 12.0. The first kappa shape index (κ1) is 84.5. The molecule has 10 aromatic rings. The molecule has 3 aliphatic heterocycles. The van der Waals surface area contributed by atoms with Gasteiger partial charge in [-0.15, -0.1) is 45.3 Å². The van der Waals surface area contributed by atoms with E-state index < -0.39 is 91.6 Å². The van der Waals surface area contributed by atoms with Crippen molar-refractivity contribution < 1.29 is 69.9 Å². The lowest BCUT2D eigenvalue weighted by atomic mass is 10.0. The van der Waals surface area contributed by atoms with Crippen LogP contribution in [0.15, 0.2) is 109 Å². The van der Waals surface area contributed by atoms with Crippen molar-refractivity contribution >= 4 is 101 Å². The largest absolute Gasteiger partial charge is 0.506 e. The molecule has 0 spiro atoms. The van der Waals surface area contributed by atoms with Crippen LogP contribution in [0.25, 0.3) is 53.5 Å². The molecule has 13 rings (SSSR count). The predicted octanol–water partition coefficient (Wildman–Crippen LogP) is 12.2. The van der Waals surface area contributed by atoms with Crippen LogP contribution in [0.1, 0.15) is 153 Å². The average Bonchev–Trinajstić information content (AvgIpc) is 1.12. The number of hydrogen-bond donors (Lipinski definition) is 14. The Morgan fingerprint density at radius 2 is 0.741 bits per heavy atom. The van der Waals surface area contributed by atoms with Crippen LogP contribution < -0.4 is 52.3 Å². The Morgan fingerprint density at radius 3 is 1.08 bits per heavy atom. The molecule has 3 aliphatic rings. The number of carboxylic acids is 5. The number of aliphatic hydroxyl groups is 1. The van der Waals surface area contributed by atoms with E-state index in [9.17, 15) is 68.4 Å². The molecule has 0 unspecified atom stereocenters. The number of nitrogens with zero attached hydrogens (tertiary/aromatic N) is 5. The highest BCUT2D eigenvalue weighted by atomic mass is 32.1. The number of aromatic carboxylic acids is 5. The highest BCUT2D eigenvalue weighted by Gasteiger charge is 2.28. The second-order valence-electron chi connectivity index (χ2n) is 26.7. The molecular formula is C79H90N10O19S4. The van der Waals surface area contributed by atoms with E-state index in [2.05, 4.69) is 45.7 Å². The molecule has 9 aromatic heterocycles. The van der Waals surface area contributed by atoms with Crippen molar-refractivity contribution in [3.63, 3.8) is 0 Å². The smallest absolute Gasteiger partial charge is 0.345 e. The van der Waals surface area contributed by atoms with Gasteiger partial charge in [0.15, 0.2) is 16.7 Å². The summed E-state index contributed by atoms with van der Waals surface area (Å²) in [5.74, 6) is -8.08. The average molecular weight is 1610 g/mol. The summed E-state index contributed by atoms with van der Waals surface area (Å²) < 4.78 is 0. The van der Waals surface area contributed by atoms with Gasteiger partial charge in [-0.25, -0.2) is 24.0 Å². The van der Waals surface area contributed by atoms with Gasteiger partial charge in [-0.1, -0.05) is 46.8 Å². The summed E-state index contributed by atoms with van der Waals surface area (Å²) in [6, 6.07) is 26.0. The number of carbonyl (C=O) groups is 5. The lowest BCUT2D eigenvalue weighted by Crippen LogP contribution is -2.28. The maximum atomic E-state index is 12.0. The van der Waals surface area contributed by atoms with E-state index in [1.165, 1.54) is 60.6 Å². The molecule has 29 nitrogen and oxygen atoms in total. The molecule has 3 fully saturated rings. The lowest BCUT2D eigenvalue weighted by molar-refractivity contribution is 0.0680. The minimum atomic E-state index is -1.46. The van der Waals surface area contributed by atoms with Crippen molar-refractivity contribution in [2.45, 2.75) is 111 Å². The summed E-state index contributed by atoms with van der Waals surface area (Å²) in [5.41, 5.74) is 1.70. The van der Waals surface area contributed by atoms with E-state index in [1.54, 1.807) is 47.9 Å². The fourth-order valence-corrected chi connectivity index (χ4v) is 17.3. The van der Waals surface area contributed by atoms with Crippen LogP contribution in [0.3, 0.4) is 0 Å². The minimum absolute atomic E-state index is 0.196. The highest BCUT2D eigenvalue weighted by Crippen LogP contribution is 2.41. The number of aryl methyl sites for hydroxylation is 2. The number of H-pyrrole nitrogens is 5. The molecule has 594 valence electrons. The van der Waals surface area contributed by atoms with Gasteiger partial charge in [0, 0.05) is 89.8 Å². The number of aliphatic hydroxyl groups excluding tert-OH is 1. The first-order valence-electron chi connectivity index (χ1n) is 36.3. The standard InChI is InChI=1S/C18H20N2O5.C17H20N2O3S.C16H18N2O4S.C14H16N2O4S.C14H16N2O3S/c1-2-13-15(19-17(23)14(16(13)22)18(24)25)10-3-5-11(6-4-10)20-8-7-12(21)9-20;1-2-11-10-12(17(21)22)16(20)18-15(11)13-6-7-14(23-13)19-8-4-3-5-9-19;1-2-9-13(17-15(20)12(14(9)19)16(21)22)10-5-6-11(23-10)18-7-3-4-8-18;1-4-7-11(8-5-6-9(21-8)16(2)3)15-13(18)10(12(7)17)14(19)20;1-4-8-7-9(14(18)19)13(17)15-12(8)10-5-6-11(20-10)16(2)3/h3-6,12,21H,2,7-9H2,1H3,(H,24,25)(H2,19,22,23);6-7,10H,2-5,8-9H2,1H3,(H,18,20)(H,21,22);5-6H,2-4,7-8H2,1H3,(H,21,22)(H2,17,19,20);5-6H,4H2,1-3H3,(H,19,20)(H2,15,17,18);5-7H,4H2,1-3H3,(H,15,17)(H,18,19)/t12-;;;;/m0..../s1. The molecule has 0 amide bonds. The Balaban J connectivity index is 0.000000161. The van der Waals surface area contributed by atoms with Gasteiger partial charge in [-0.2, -0.15) is 0 Å². The van der Waals surface area contributed by atoms with Crippen LogP contribution in [0.4, 0.5) is 25.7 Å². The van der Waals surface area contributed by atoms with Crippen molar-refractivity contribution in [2.24, 2.45) is 0 Å². The molecule has 14 N–H and O–H groups in total. The molecule has 0 saturated carbocycles. The summed E-state index contributed by atoms with van der Waals surface area (Å²) in [7, 11) is 7.72. The summed E-state index contributed by atoms with van der Waals surface area (Å²) in [4.78, 5) is 143. The quantitative estimate of drug-likeness (QED) is 0.0337. The first-order chi connectivity index (χ1) is 53.3. The fraction of sp³-hybridized carbons (Fsp3) is 0.342. The Morgan fingerprint density at radius 1 is 0.402 bits per heavy atom. The zero-order valence-corrected chi connectivity index (χ0v) is 66.4. The van der Waals surface area contributed by atoms with Gasteiger partial charge < -0.3 is 95.4 Å². The van der Waals surface area contributed by atoms with Crippen LogP contribution in [0, 0.1) is 0 Å². The van der Waals surface area contributed by atoms with Crippen molar-refractivity contribution in [3.05, 3.63) is 192 Å². The molecule has 3 saturated heterocycles. The van der Waals surface area contributed by atoms with Crippen molar-refractivity contribution in [1.29, 1.82) is 0 Å². The van der Waals surface area contributed by atoms with Gasteiger partial charge in [0.25, 0.3) is 27.8 Å². The van der Waals surface area contributed by atoms with E-state index in [0.29, 0.717) is 83.7 Å². The van der Waals surface area contributed by atoms with Crippen molar-refractivity contribution in [1.82, 2.24) is 24.9 Å². The number of thiophene rings is 4. The summed E-state index contributed by atoms with van der Waals surface area (Å²) in [5, 5.41) is 89.8. The fourth-order valence-electron chi connectivity index (χ4n) is 13.2. The molecule has 112 heavy (non-hydrogen) atoms. The highest BCUT2D eigenvalue weighted by molar-refractivity contribution is 7.20. The van der Waals surface area contributed by atoms with E-state index in [-0.39, 0.29) is 17.2 Å². The molecular weight excluding hydrogens is 1520 g/mol. The normalized spacial score (nSPS) is 13.7. The van der Waals surface area contributed by atoms with Crippen LogP contribution in [0.5, 0.6) is 17.2 Å². The Bertz CT molecular complexity index is 5420. The molecule has 1 aromatic carbocycles. The van der Waals surface area contributed by atoms with Gasteiger partial charge in [0.1, 0.15) is 28.4 Å². The van der Waals surface area contributed by atoms with Crippen molar-refractivity contribution in [2.75, 3.05) is 92.0 Å². The topological polar surface area (TPSA) is 448 Å².